The van der Waals surface area contributed by atoms with Gasteiger partial charge in [-0.1, -0.05) is 17.5 Å². The second-order valence-corrected chi connectivity index (χ2v) is 3.66. The van der Waals surface area contributed by atoms with Crippen LogP contribution in [0.15, 0.2) is 18.2 Å². The highest BCUT2D eigenvalue weighted by Gasteiger charge is 2.03. The van der Waals surface area contributed by atoms with Crippen molar-refractivity contribution in [2.75, 3.05) is 19.3 Å². The predicted molar refractivity (Wildman–Crippen MR) is 61.0 cm³/mol. The highest BCUT2D eigenvalue weighted by atomic mass is 35.5. The summed E-state index contributed by atoms with van der Waals surface area (Å²) in [7, 11) is 1.94. The Morgan fingerprint density at radius 1 is 1.57 bits per heavy atom. The summed E-state index contributed by atoms with van der Waals surface area (Å²) in [4.78, 5) is 2.00. The summed E-state index contributed by atoms with van der Waals surface area (Å²) in [5.41, 5.74) is 7.55. The smallest absolute Gasteiger partial charge is 0.0599 e. The van der Waals surface area contributed by atoms with Gasteiger partial charge in [0.2, 0.25) is 0 Å². The third kappa shape index (κ3) is 2.95. The van der Waals surface area contributed by atoms with Crippen LogP contribution in [-0.4, -0.2) is 18.5 Å². The van der Waals surface area contributed by atoms with Gasteiger partial charge in [-0.15, -0.1) is 6.42 Å². The second kappa shape index (κ2) is 4.90. The summed E-state index contributed by atoms with van der Waals surface area (Å²) < 4.78 is 0. The maximum absolute atomic E-state index is 5.86. The van der Waals surface area contributed by atoms with Crippen molar-refractivity contribution >= 4 is 17.3 Å². The monoisotopic (exact) mass is 208 g/mol. The topological polar surface area (TPSA) is 29.3 Å². The lowest BCUT2D eigenvalue weighted by Gasteiger charge is -2.14. The summed E-state index contributed by atoms with van der Waals surface area (Å²) in [5, 5.41) is 0.698. The molecular formula is C11H13ClN2. The minimum atomic E-state index is 0.603. The number of terminal acetylenes is 1. The van der Waals surface area contributed by atoms with Gasteiger partial charge in [-0.3, -0.25) is 4.90 Å². The van der Waals surface area contributed by atoms with Crippen LogP contribution in [0.3, 0.4) is 0 Å². The van der Waals surface area contributed by atoms with Gasteiger partial charge in [-0.05, 0) is 30.8 Å². The van der Waals surface area contributed by atoms with Crippen molar-refractivity contribution in [3.63, 3.8) is 0 Å². The number of nitrogens with two attached hydrogens (primary N) is 1. The SMILES string of the molecule is C#CCN(C)Cc1cc(Cl)ccc1N. The summed E-state index contributed by atoms with van der Waals surface area (Å²) in [6.07, 6.45) is 5.20. The molecule has 0 spiro atoms. The molecule has 0 heterocycles. The number of nitrogen functional groups attached to an aromatic ring is 1. The summed E-state index contributed by atoms with van der Waals surface area (Å²) in [5.74, 6) is 2.57. The van der Waals surface area contributed by atoms with Crippen molar-refractivity contribution in [3.05, 3.63) is 28.8 Å². The summed E-state index contributed by atoms with van der Waals surface area (Å²) in [6, 6.07) is 5.45. The van der Waals surface area contributed by atoms with Crippen molar-refractivity contribution in [2.45, 2.75) is 6.54 Å². The predicted octanol–water partition coefficient (Wildman–Crippen LogP) is 1.99. The molecule has 0 amide bonds. The molecule has 3 heteroatoms. The molecule has 0 aliphatic carbocycles. The molecule has 1 aromatic rings. The Hall–Kier alpha value is -1.17. The molecule has 1 rings (SSSR count). The van der Waals surface area contributed by atoms with Crippen LogP contribution in [0.5, 0.6) is 0 Å². The van der Waals surface area contributed by atoms with Crippen molar-refractivity contribution < 1.29 is 0 Å². The largest absolute Gasteiger partial charge is 0.398 e. The summed E-state index contributed by atoms with van der Waals surface area (Å²) >= 11 is 5.86. The molecule has 0 saturated carbocycles. The fourth-order valence-electron chi connectivity index (χ4n) is 1.21. The van der Waals surface area contributed by atoms with Gasteiger partial charge in [0.05, 0.1) is 6.54 Å². The van der Waals surface area contributed by atoms with Crippen LogP contribution in [0.4, 0.5) is 5.69 Å². The van der Waals surface area contributed by atoms with E-state index in [1.807, 2.05) is 18.0 Å². The first-order valence-electron chi connectivity index (χ1n) is 4.29. The van der Waals surface area contributed by atoms with Gasteiger partial charge in [0.1, 0.15) is 0 Å². The van der Waals surface area contributed by atoms with E-state index in [9.17, 15) is 0 Å². The lowest BCUT2D eigenvalue weighted by Crippen LogP contribution is -2.18. The molecule has 0 aliphatic heterocycles. The van der Waals surface area contributed by atoms with E-state index >= 15 is 0 Å². The van der Waals surface area contributed by atoms with Gasteiger partial charge >= 0.3 is 0 Å². The molecule has 0 saturated heterocycles. The van der Waals surface area contributed by atoms with Gasteiger partial charge in [-0.2, -0.15) is 0 Å². The zero-order valence-corrected chi connectivity index (χ0v) is 8.88. The Bertz CT molecular complexity index is 355. The fourth-order valence-corrected chi connectivity index (χ4v) is 1.41. The van der Waals surface area contributed by atoms with E-state index in [4.69, 9.17) is 23.8 Å². The fraction of sp³-hybridized carbons (Fsp3) is 0.273. The van der Waals surface area contributed by atoms with Crippen LogP contribution in [0.25, 0.3) is 0 Å². The van der Waals surface area contributed by atoms with E-state index in [0.717, 1.165) is 17.8 Å². The van der Waals surface area contributed by atoms with Gasteiger partial charge < -0.3 is 5.73 Å². The maximum atomic E-state index is 5.86. The maximum Gasteiger partial charge on any atom is 0.0599 e. The van der Waals surface area contributed by atoms with Crippen LogP contribution in [0.2, 0.25) is 5.02 Å². The Labute approximate surface area is 89.7 Å². The Morgan fingerprint density at radius 3 is 2.93 bits per heavy atom. The average Bonchev–Trinajstić information content (AvgIpc) is 2.12. The van der Waals surface area contributed by atoms with Gasteiger partial charge in [0.15, 0.2) is 0 Å². The van der Waals surface area contributed by atoms with Crippen LogP contribution < -0.4 is 5.73 Å². The first-order chi connectivity index (χ1) is 6.63. The normalized spacial score (nSPS) is 10.1. The molecule has 74 valence electrons. The van der Waals surface area contributed by atoms with Crippen molar-refractivity contribution in [1.82, 2.24) is 4.90 Å². The molecule has 0 radical (unpaired) electrons. The van der Waals surface area contributed by atoms with E-state index in [1.165, 1.54) is 0 Å². The van der Waals surface area contributed by atoms with Gasteiger partial charge in [0.25, 0.3) is 0 Å². The van der Waals surface area contributed by atoms with E-state index in [2.05, 4.69) is 5.92 Å². The number of benzene rings is 1. The van der Waals surface area contributed by atoms with E-state index in [-0.39, 0.29) is 0 Å². The average molecular weight is 209 g/mol. The van der Waals surface area contributed by atoms with Crippen molar-refractivity contribution in [2.24, 2.45) is 0 Å². The third-order valence-corrected chi connectivity index (χ3v) is 2.14. The molecule has 0 atom stereocenters. The van der Waals surface area contributed by atoms with Gasteiger partial charge in [0, 0.05) is 17.3 Å². The van der Waals surface area contributed by atoms with Crippen LogP contribution in [0, 0.1) is 12.3 Å². The molecule has 14 heavy (non-hydrogen) atoms. The minimum absolute atomic E-state index is 0.603. The quantitative estimate of drug-likeness (QED) is 0.608. The Kier molecular flexibility index (Phi) is 3.82. The number of hydrogen-bond donors (Lipinski definition) is 1. The molecule has 0 fully saturated rings. The molecule has 2 N–H and O–H groups in total. The number of anilines is 1. The van der Waals surface area contributed by atoms with E-state index < -0.39 is 0 Å². The highest BCUT2D eigenvalue weighted by Crippen LogP contribution is 2.18. The first-order valence-corrected chi connectivity index (χ1v) is 4.67. The van der Waals surface area contributed by atoms with E-state index in [0.29, 0.717) is 11.6 Å². The van der Waals surface area contributed by atoms with Crippen LogP contribution in [0.1, 0.15) is 5.56 Å². The number of halogens is 1. The standard InChI is InChI=1S/C11H13ClN2/c1-3-6-14(2)8-9-7-10(12)4-5-11(9)13/h1,4-5,7H,6,8,13H2,2H3. The number of rotatable bonds is 3. The first kappa shape index (κ1) is 10.9. The second-order valence-electron chi connectivity index (χ2n) is 3.22. The molecule has 0 aliphatic rings. The number of nitrogens with zero attached hydrogens (tertiary/aromatic N) is 1. The molecule has 0 aromatic heterocycles. The highest BCUT2D eigenvalue weighted by molar-refractivity contribution is 6.30. The van der Waals surface area contributed by atoms with Crippen LogP contribution >= 0.6 is 11.6 Å². The Morgan fingerprint density at radius 2 is 2.29 bits per heavy atom. The Balaban J connectivity index is 2.76. The number of hydrogen-bond acceptors (Lipinski definition) is 2. The molecule has 1 aromatic carbocycles. The molecule has 0 bridgehead atoms. The van der Waals surface area contributed by atoms with Gasteiger partial charge in [-0.25, -0.2) is 0 Å². The van der Waals surface area contributed by atoms with Crippen molar-refractivity contribution in [3.8, 4) is 12.3 Å². The lowest BCUT2D eigenvalue weighted by atomic mass is 10.2. The molecule has 2 nitrogen and oxygen atoms in total. The zero-order valence-electron chi connectivity index (χ0n) is 8.13. The zero-order chi connectivity index (χ0) is 10.6. The third-order valence-electron chi connectivity index (χ3n) is 1.91. The minimum Gasteiger partial charge on any atom is -0.398 e. The van der Waals surface area contributed by atoms with E-state index in [1.54, 1.807) is 12.1 Å². The molecule has 0 unspecified atom stereocenters. The summed E-state index contributed by atoms with van der Waals surface area (Å²) in [6.45, 7) is 1.32. The van der Waals surface area contributed by atoms with Crippen LogP contribution in [-0.2, 0) is 6.54 Å². The van der Waals surface area contributed by atoms with Crippen molar-refractivity contribution in [1.29, 1.82) is 0 Å². The lowest BCUT2D eigenvalue weighted by molar-refractivity contribution is 0.370. The molecular weight excluding hydrogens is 196 g/mol.